The summed E-state index contributed by atoms with van der Waals surface area (Å²) in [4.78, 5) is 0. The van der Waals surface area contributed by atoms with Gasteiger partial charge in [0.1, 0.15) is 0 Å². The predicted octanol–water partition coefficient (Wildman–Crippen LogP) is -0.299. The highest BCUT2D eigenvalue weighted by atomic mass is 32.2. The maximum atomic E-state index is 13.2. The molecule has 0 bridgehead atoms. The van der Waals surface area contributed by atoms with E-state index in [9.17, 15) is 16.8 Å². The van der Waals surface area contributed by atoms with Crippen molar-refractivity contribution < 1.29 is 26.3 Å². The first kappa shape index (κ1) is 23.3. The van der Waals surface area contributed by atoms with Gasteiger partial charge in [-0.05, 0) is 34.6 Å². The molecule has 3 aliphatic heterocycles. The fourth-order valence-corrected chi connectivity index (χ4v) is 8.18. The van der Waals surface area contributed by atoms with Gasteiger partial charge in [0.2, 0.25) is 0 Å². The molecule has 0 saturated carbocycles. The van der Waals surface area contributed by atoms with Crippen LogP contribution < -0.4 is 0 Å². The van der Waals surface area contributed by atoms with E-state index in [0.29, 0.717) is 26.2 Å². The molecule has 3 aliphatic rings. The molecule has 10 nitrogen and oxygen atoms in total. The number of nitrogens with zero attached hydrogens (tertiary/aromatic N) is 4. The zero-order chi connectivity index (χ0) is 21.6. The molecule has 0 spiro atoms. The Hall–Kier alpha value is -0.340. The number of hydrogen-bond acceptors (Lipinski definition) is 6. The molecule has 3 saturated heterocycles. The summed E-state index contributed by atoms with van der Waals surface area (Å²) in [5, 5.41) is 0. The van der Waals surface area contributed by atoms with Crippen LogP contribution in [0, 0.1) is 0 Å². The highest BCUT2D eigenvalue weighted by Crippen LogP contribution is 2.25. The quantitative estimate of drug-likeness (QED) is 0.578. The average molecular weight is 455 g/mol. The Labute approximate surface area is 175 Å². The minimum atomic E-state index is -3.68. The normalized spacial score (nSPS) is 37.6. The van der Waals surface area contributed by atoms with Crippen LogP contribution in [-0.2, 0) is 29.9 Å². The Morgan fingerprint density at radius 3 is 1.41 bits per heavy atom. The van der Waals surface area contributed by atoms with Crippen molar-refractivity contribution in [2.45, 2.75) is 65.1 Å². The van der Waals surface area contributed by atoms with Gasteiger partial charge in [-0.1, -0.05) is 0 Å². The topological polar surface area (TPSA) is 99.7 Å². The SMILES string of the molecule is C[C@@H]1CN(S(=O)(=O)N2CCN(S(=O)(=O)N3C[C@@H](C)O[C@@H](C)C3)[C@H](C)C2)C[C@H](C)O1. The van der Waals surface area contributed by atoms with Crippen molar-refractivity contribution in [3.05, 3.63) is 0 Å². The van der Waals surface area contributed by atoms with E-state index in [4.69, 9.17) is 9.47 Å². The van der Waals surface area contributed by atoms with Crippen molar-refractivity contribution in [1.29, 1.82) is 0 Å². The van der Waals surface area contributed by atoms with Crippen molar-refractivity contribution in [3.8, 4) is 0 Å². The van der Waals surface area contributed by atoms with Crippen LogP contribution in [0.5, 0.6) is 0 Å². The number of rotatable bonds is 4. The monoisotopic (exact) mass is 454 g/mol. The molecule has 0 aromatic heterocycles. The van der Waals surface area contributed by atoms with Crippen LogP contribution in [0.15, 0.2) is 0 Å². The van der Waals surface area contributed by atoms with Gasteiger partial charge in [0.25, 0.3) is 20.4 Å². The predicted molar refractivity (Wildman–Crippen MR) is 109 cm³/mol. The van der Waals surface area contributed by atoms with Gasteiger partial charge < -0.3 is 9.47 Å². The Kier molecular flexibility index (Phi) is 6.96. The smallest absolute Gasteiger partial charge is 0.282 e. The Bertz CT molecular complexity index is 772. The first-order valence-electron chi connectivity index (χ1n) is 10.2. The van der Waals surface area contributed by atoms with Crippen LogP contribution in [0.25, 0.3) is 0 Å². The van der Waals surface area contributed by atoms with Gasteiger partial charge in [0, 0.05) is 51.9 Å². The molecule has 5 atom stereocenters. The van der Waals surface area contributed by atoms with Crippen molar-refractivity contribution in [3.63, 3.8) is 0 Å². The molecule has 29 heavy (non-hydrogen) atoms. The van der Waals surface area contributed by atoms with Crippen molar-refractivity contribution in [1.82, 2.24) is 17.2 Å². The maximum Gasteiger partial charge on any atom is 0.282 e. The maximum absolute atomic E-state index is 13.2. The molecule has 0 unspecified atom stereocenters. The lowest BCUT2D eigenvalue weighted by molar-refractivity contribution is -0.0470. The summed E-state index contributed by atoms with van der Waals surface area (Å²) in [6, 6.07) is -0.451. The van der Waals surface area contributed by atoms with E-state index < -0.39 is 26.5 Å². The zero-order valence-corrected chi connectivity index (χ0v) is 19.5. The first-order chi connectivity index (χ1) is 13.4. The lowest BCUT2D eigenvalue weighted by Gasteiger charge is -2.44. The Balaban J connectivity index is 1.70. The molecule has 0 aliphatic carbocycles. The molecule has 3 rings (SSSR count). The number of ether oxygens (including phenoxy) is 2. The van der Waals surface area contributed by atoms with Crippen LogP contribution in [0.1, 0.15) is 34.6 Å². The molecule has 3 heterocycles. The summed E-state index contributed by atoms with van der Waals surface area (Å²) < 4.78 is 69.6. The van der Waals surface area contributed by atoms with Crippen LogP contribution in [0.4, 0.5) is 0 Å². The first-order valence-corrected chi connectivity index (χ1v) is 13.0. The standard InChI is InChI=1S/C17H34N4O6S2/c1-13-8-18(28(22,23)19-9-14(2)26-15(3)10-19)6-7-21(13)29(24,25)20-11-16(4)27-17(5)12-20/h13-17H,6-12H2,1-5H3/t13-,14-,15+,16-,17+/m1/s1. The number of hydrogen-bond donors (Lipinski definition) is 0. The van der Waals surface area contributed by atoms with Gasteiger partial charge in [-0.25, -0.2) is 0 Å². The Morgan fingerprint density at radius 1 is 0.586 bits per heavy atom. The molecular formula is C17H34N4O6S2. The van der Waals surface area contributed by atoms with Gasteiger partial charge in [-0.15, -0.1) is 0 Å². The fourth-order valence-electron chi connectivity index (χ4n) is 4.41. The van der Waals surface area contributed by atoms with Crippen LogP contribution in [0.3, 0.4) is 0 Å². The third-order valence-corrected chi connectivity index (χ3v) is 9.60. The molecular weight excluding hydrogens is 420 g/mol. The van der Waals surface area contributed by atoms with Gasteiger partial charge >= 0.3 is 0 Å². The minimum absolute atomic E-state index is 0.136. The zero-order valence-electron chi connectivity index (χ0n) is 17.9. The van der Waals surface area contributed by atoms with Crippen LogP contribution in [0.2, 0.25) is 0 Å². The summed E-state index contributed by atoms with van der Waals surface area (Å²) in [6.45, 7) is 10.8. The summed E-state index contributed by atoms with van der Waals surface area (Å²) >= 11 is 0. The second-order valence-electron chi connectivity index (χ2n) is 8.48. The van der Waals surface area contributed by atoms with Crippen LogP contribution >= 0.6 is 0 Å². The third-order valence-electron chi connectivity index (χ3n) is 5.58. The fraction of sp³-hybridized carbons (Fsp3) is 1.00. The summed E-state index contributed by atoms with van der Waals surface area (Å²) in [5.74, 6) is 0. The van der Waals surface area contributed by atoms with E-state index in [-0.39, 0.29) is 44.1 Å². The van der Waals surface area contributed by atoms with E-state index in [2.05, 4.69) is 0 Å². The highest BCUT2D eigenvalue weighted by Gasteiger charge is 2.43. The summed E-state index contributed by atoms with van der Waals surface area (Å²) in [5.41, 5.74) is 0. The Morgan fingerprint density at radius 2 is 1.00 bits per heavy atom. The van der Waals surface area contributed by atoms with E-state index in [0.717, 1.165) is 0 Å². The second-order valence-corrected chi connectivity index (χ2v) is 12.3. The highest BCUT2D eigenvalue weighted by molar-refractivity contribution is 7.87. The lowest BCUT2D eigenvalue weighted by atomic mass is 10.3. The average Bonchev–Trinajstić information content (AvgIpc) is 2.59. The van der Waals surface area contributed by atoms with E-state index in [1.165, 1.54) is 17.2 Å². The third kappa shape index (κ3) is 4.95. The van der Waals surface area contributed by atoms with Crippen molar-refractivity contribution >= 4 is 20.4 Å². The van der Waals surface area contributed by atoms with E-state index >= 15 is 0 Å². The molecule has 12 heteroatoms. The largest absolute Gasteiger partial charge is 0.373 e. The van der Waals surface area contributed by atoms with E-state index in [1.54, 1.807) is 6.92 Å². The van der Waals surface area contributed by atoms with E-state index in [1.807, 2.05) is 27.7 Å². The molecule has 0 aromatic rings. The van der Waals surface area contributed by atoms with Crippen LogP contribution in [-0.4, -0.2) is 110 Å². The molecule has 0 aromatic carbocycles. The van der Waals surface area contributed by atoms with Gasteiger partial charge in [0.05, 0.1) is 24.4 Å². The van der Waals surface area contributed by atoms with Crippen molar-refractivity contribution in [2.75, 3.05) is 45.8 Å². The summed E-state index contributed by atoms with van der Waals surface area (Å²) in [6.07, 6.45) is -0.678. The second kappa shape index (κ2) is 8.65. The molecule has 0 radical (unpaired) electrons. The molecule has 3 fully saturated rings. The molecule has 170 valence electrons. The summed E-state index contributed by atoms with van der Waals surface area (Å²) in [7, 11) is -7.34. The van der Waals surface area contributed by atoms with Crippen molar-refractivity contribution in [2.24, 2.45) is 0 Å². The van der Waals surface area contributed by atoms with Gasteiger partial charge in [0.15, 0.2) is 0 Å². The van der Waals surface area contributed by atoms with Gasteiger partial charge in [-0.2, -0.15) is 34.1 Å². The molecule has 0 amide bonds. The minimum Gasteiger partial charge on any atom is -0.373 e. The number of morpholine rings is 2. The number of piperazine rings is 1. The lowest BCUT2D eigenvalue weighted by Crippen LogP contribution is -2.62. The van der Waals surface area contributed by atoms with Gasteiger partial charge in [-0.3, -0.25) is 0 Å². The molecule has 0 N–H and O–H groups in total.